The average Bonchev–Trinajstić information content (AvgIpc) is 3.21. The first kappa shape index (κ1) is 21.0. The number of anilines is 2. The number of nitrogens with one attached hydrogen (secondary N) is 3. The number of ether oxygens (including phenoxy) is 1. The number of H-pyrrole nitrogens is 1. The lowest BCUT2D eigenvalue weighted by atomic mass is 9.90. The van der Waals surface area contributed by atoms with Crippen LogP contribution in [0.1, 0.15) is 39.0 Å². The van der Waals surface area contributed by atoms with Gasteiger partial charge in [0.2, 0.25) is 17.7 Å². The van der Waals surface area contributed by atoms with Crippen molar-refractivity contribution in [3.8, 4) is 5.88 Å². The number of aromatic nitrogens is 4. The van der Waals surface area contributed by atoms with Crippen LogP contribution in [-0.4, -0.2) is 40.9 Å². The van der Waals surface area contributed by atoms with Crippen LogP contribution < -0.4 is 14.8 Å². The van der Waals surface area contributed by atoms with E-state index in [1.54, 1.807) is 12.1 Å². The molecule has 1 aromatic carbocycles. The number of nitrogens with zero attached hydrogens (tertiary/aromatic N) is 3. The Hall–Kier alpha value is -3.21. The molecule has 0 atom stereocenters. The maximum Gasteiger partial charge on any atom is 0.264 e. The van der Waals surface area contributed by atoms with Crippen molar-refractivity contribution >= 4 is 38.7 Å². The molecule has 1 amide bonds. The van der Waals surface area contributed by atoms with Crippen molar-refractivity contribution in [2.24, 2.45) is 5.92 Å². The molecule has 0 unspecified atom stereocenters. The molecule has 0 bridgehead atoms. The summed E-state index contributed by atoms with van der Waals surface area (Å²) in [7, 11) is -3.89. The number of sulfonamides is 1. The first-order chi connectivity index (χ1) is 14.9. The molecule has 164 valence electrons. The smallest absolute Gasteiger partial charge is 0.264 e. The van der Waals surface area contributed by atoms with Gasteiger partial charge in [-0.05, 0) is 43.0 Å². The summed E-state index contributed by atoms with van der Waals surface area (Å²) < 4.78 is 32.1. The normalized spacial score (nSPS) is 15.0. The number of amides is 1. The van der Waals surface area contributed by atoms with E-state index >= 15 is 0 Å². The zero-order valence-corrected chi connectivity index (χ0v) is 17.9. The first-order valence-corrected chi connectivity index (χ1v) is 11.6. The number of carbonyl (C=O) groups excluding carboxylic acids is 1. The molecule has 3 aromatic rings. The van der Waals surface area contributed by atoms with E-state index in [2.05, 4.69) is 25.3 Å². The SMILES string of the molecule is CC(=O)NS(=O)(=O)c1ccc(Nc2nc(OCC3CCCCC3)c3[nH]cnc3n2)cc1. The second-order valence-corrected chi connectivity index (χ2v) is 9.26. The van der Waals surface area contributed by atoms with Crippen LogP contribution in [0.2, 0.25) is 0 Å². The Morgan fingerprint density at radius 2 is 1.90 bits per heavy atom. The molecule has 11 heteroatoms. The zero-order valence-electron chi connectivity index (χ0n) is 17.1. The molecule has 10 nitrogen and oxygen atoms in total. The van der Waals surface area contributed by atoms with E-state index in [0.29, 0.717) is 35.3 Å². The monoisotopic (exact) mass is 444 g/mol. The lowest BCUT2D eigenvalue weighted by molar-refractivity contribution is -0.117. The number of benzene rings is 1. The lowest BCUT2D eigenvalue weighted by Gasteiger charge is -2.21. The van der Waals surface area contributed by atoms with Crippen molar-refractivity contribution in [1.82, 2.24) is 24.7 Å². The van der Waals surface area contributed by atoms with Gasteiger partial charge in [-0.3, -0.25) is 4.79 Å². The summed E-state index contributed by atoms with van der Waals surface area (Å²) >= 11 is 0. The maximum absolute atomic E-state index is 12.1. The van der Waals surface area contributed by atoms with Crippen molar-refractivity contribution in [2.45, 2.75) is 43.9 Å². The van der Waals surface area contributed by atoms with E-state index in [-0.39, 0.29) is 10.8 Å². The van der Waals surface area contributed by atoms with Crippen LogP contribution >= 0.6 is 0 Å². The van der Waals surface area contributed by atoms with Crippen molar-refractivity contribution in [3.05, 3.63) is 30.6 Å². The van der Waals surface area contributed by atoms with Gasteiger partial charge in [0.1, 0.15) is 5.52 Å². The van der Waals surface area contributed by atoms with E-state index < -0.39 is 15.9 Å². The Kier molecular flexibility index (Phi) is 6.03. The van der Waals surface area contributed by atoms with E-state index in [1.165, 1.54) is 37.7 Å². The number of imidazole rings is 1. The largest absolute Gasteiger partial charge is 0.476 e. The van der Waals surface area contributed by atoms with Gasteiger partial charge in [-0.15, -0.1) is 0 Å². The molecule has 3 N–H and O–H groups in total. The summed E-state index contributed by atoms with van der Waals surface area (Å²) in [6, 6.07) is 5.91. The standard InChI is InChI=1S/C20H24N6O4S/c1-13(27)26-31(28,29)16-9-7-15(8-10-16)23-20-24-18-17(21-12-22-18)19(25-20)30-11-14-5-3-2-4-6-14/h7-10,12,14H,2-6,11H2,1H3,(H,26,27)(H2,21,22,23,24,25). The minimum Gasteiger partial charge on any atom is -0.476 e. The topological polar surface area (TPSA) is 139 Å². The fourth-order valence-electron chi connectivity index (χ4n) is 3.61. The van der Waals surface area contributed by atoms with E-state index in [9.17, 15) is 13.2 Å². The summed E-state index contributed by atoms with van der Waals surface area (Å²) in [6.45, 7) is 1.74. The summed E-state index contributed by atoms with van der Waals surface area (Å²) in [4.78, 5) is 27.1. The highest BCUT2D eigenvalue weighted by Crippen LogP contribution is 2.27. The van der Waals surface area contributed by atoms with Gasteiger partial charge in [0, 0.05) is 12.6 Å². The second kappa shape index (κ2) is 8.88. The van der Waals surface area contributed by atoms with Crippen LogP contribution in [0.3, 0.4) is 0 Å². The third kappa shape index (κ3) is 5.10. The van der Waals surface area contributed by atoms with Crippen LogP contribution in [0.25, 0.3) is 11.2 Å². The highest BCUT2D eigenvalue weighted by atomic mass is 32.2. The van der Waals surface area contributed by atoms with Crippen molar-refractivity contribution < 1.29 is 17.9 Å². The molecule has 4 rings (SSSR count). The van der Waals surface area contributed by atoms with Crippen LogP contribution in [0, 0.1) is 5.92 Å². The van der Waals surface area contributed by atoms with E-state index in [4.69, 9.17) is 4.74 Å². The zero-order chi connectivity index (χ0) is 21.8. The van der Waals surface area contributed by atoms with Crippen LogP contribution in [-0.2, 0) is 14.8 Å². The van der Waals surface area contributed by atoms with Crippen molar-refractivity contribution in [2.75, 3.05) is 11.9 Å². The first-order valence-electron chi connectivity index (χ1n) is 10.1. The summed E-state index contributed by atoms with van der Waals surface area (Å²) in [5.74, 6) is 0.594. The second-order valence-electron chi connectivity index (χ2n) is 7.58. The third-order valence-electron chi connectivity index (χ3n) is 5.13. The molecule has 0 radical (unpaired) electrons. The van der Waals surface area contributed by atoms with Gasteiger partial charge >= 0.3 is 0 Å². The number of aromatic amines is 1. The molecule has 2 aromatic heterocycles. The van der Waals surface area contributed by atoms with Gasteiger partial charge in [-0.2, -0.15) is 9.97 Å². The molecular weight excluding hydrogens is 420 g/mol. The molecule has 31 heavy (non-hydrogen) atoms. The van der Waals surface area contributed by atoms with Gasteiger partial charge in [0.05, 0.1) is 17.8 Å². The lowest BCUT2D eigenvalue weighted by Crippen LogP contribution is -2.28. The van der Waals surface area contributed by atoms with E-state index in [0.717, 1.165) is 19.8 Å². The average molecular weight is 445 g/mol. The van der Waals surface area contributed by atoms with Gasteiger partial charge in [0.15, 0.2) is 5.65 Å². The Labute approximate surface area is 179 Å². The van der Waals surface area contributed by atoms with Crippen molar-refractivity contribution in [1.29, 1.82) is 0 Å². The summed E-state index contributed by atoms with van der Waals surface area (Å²) in [5, 5.41) is 3.05. The number of rotatable bonds is 7. The highest BCUT2D eigenvalue weighted by Gasteiger charge is 2.18. The minimum absolute atomic E-state index is 0.0200. The molecule has 1 aliphatic rings. The fraction of sp³-hybridized carbons (Fsp3) is 0.400. The fourth-order valence-corrected chi connectivity index (χ4v) is 4.60. The Morgan fingerprint density at radius 1 is 1.16 bits per heavy atom. The number of fused-ring (bicyclic) bond motifs is 1. The number of carbonyl (C=O) groups is 1. The molecule has 0 aliphatic heterocycles. The van der Waals surface area contributed by atoms with Crippen molar-refractivity contribution in [3.63, 3.8) is 0 Å². The molecule has 1 aliphatic carbocycles. The molecule has 1 fully saturated rings. The maximum atomic E-state index is 12.1. The van der Waals surface area contributed by atoms with Crippen LogP contribution in [0.4, 0.5) is 11.6 Å². The quantitative estimate of drug-likeness (QED) is 0.505. The van der Waals surface area contributed by atoms with Gasteiger partial charge in [-0.25, -0.2) is 18.1 Å². The Bertz CT molecular complexity index is 1170. The number of hydrogen-bond acceptors (Lipinski definition) is 8. The molecule has 2 heterocycles. The Balaban J connectivity index is 1.51. The minimum atomic E-state index is -3.89. The third-order valence-corrected chi connectivity index (χ3v) is 6.58. The predicted molar refractivity (Wildman–Crippen MR) is 114 cm³/mol. The molecule has 0 spiro atoms. The van der Waals surface area contributed by atoms with Gasteiger partial charge in [0.25, 0.3) is 10.0 Å². The summed E-state index contributed by atoms with van der Waals surface area (Å²) in [6.07, 6.45) is 7.62. The summed E-state index contributed by atoms with van der Waals surface area (Å²) in [5.41, 5.74) is 1.69. The Morgan fingerprint density at radius 3 is 2.61 bits per heavy atom. The highest BCUT2D eigenvalue weighted by molar-refractivity contribution is 7.90. The van der Waals surface area contributed by atoms with E-state index in [1.807, 2.05) is 4.72 Å². The van der Waals surface area contributed by atoms with Gasteiger partial charge in [-0.1, -0.05) is 19.3 Å². The molecule has 1 saturated carbocycles. The van der Waals surface area contributed by atoms with Crippen LogP contribution in [0.15, 0.2) is 35.5 Å². The predicted octanol–water partition coefficient (Wildman–Crippen LogP) is 2.88. The molecular formula is C20H24N6O4S. The van der Waals surface area contributed by atoms with Crippen LogP contribution in [0.5, 0.6) is 5.88 Å². The molecule has 0 saturated heterocycles. The number of hydrogen-bond donors (Lipinski definition) is 3. The van der Waals surface area contributed by atoms with Gasteiger partial charge < -0.3 is 15.0 Å².